The molecule has 0 spiro atoms. The van der Waals surface area contributed by atoms with Crippen LogP contribution < -0.4 is 10.6 Å². The summed E-state index contributed by atoms with van der Waals surface area (Å²) in [7, 11) is 4.31. The lowest BCUT2D eigenvalue weighted by atomic mass is 10.2. The van der Waals surface area contributed by atoms with Crippen molar-refractivity contribution in [2.24, 2.45) is 0 Å². The van der Waals surface area contributed by atoms with E-state index >= 15 is 0 Å². The second-order valence-corrected chi connectivity index (χ2v) is 4.60. The van der Waals surface area contributed by atoms with E-state index in [2.05, 4.69) is 28.9 Å². The average Bonchev–Trinajstić information content (AvgIpc) is 2.65. The molecule has 0 amide bonds. The number of pyridine rings is 1. The van der Waals surface area contributed by atoms with Gasteiger partial charge in [-0.1, -0.05) is 0 Å². The molecule has 16 heavy (non-hydrogen) atoms. The molecule has 1 saturated heterocycles. The summed E-state index contributed by atoms with van der Waals surface area (Å²) in [5.41, 5.74) is 6.71. The van der Waals surface area contributed by atoms with Crippen LogP contribution in [0.3, 0.4) is 0 Å². The molecule has 0 aliphatic carbocycles. The maximum absolute atomic E-state index is 5.57. The fraction of sp³-hybridized carbons (Fsp3) is 0.583. The van der Waals surface area contributed by atoms with Gasteiger partial charge in [-0.15, -0.1) is 0 Å². The van der Waals surface area contributed by atoms with Crippen LogP contribution in [0.4, 0.5) is 11.5 Å². The lowest BCUT2D eigenvalue weighted by molar-refractivity contribution is 0.314. The number of aromatic nitrogens is 1. The Morgan fingerprint density at radius 1 is 1.56 bits per heavy atom. The van der Waals surface area contributed by atoms with E-state index in [1.807, 2.05) is 18.3 Å². The van der Waals surface area contributed by atoms with Crippen molar-refractivity contribution in [3.05, 3.63) is 18.3 Å². The van der Waals surface area contributed by atoms with E-state index in [4.69, 9.17) is 5.73 Å². The zero-order chi connectivity index (χ0) is 11.5. The van der Waals surface area contributed by atoms with Crippen LogP contribution in [0.1, 0.15) is 12.8 Å². The van der Waals surface area contributed by atoms with Gasteiger partial charge in [0.15, 0.2) is 0 Å². The third-order valence-corrected chi connectivity index (χ3v) is 3.37. The highest BCUT2D eigenvalue weighted by Crippen LogP contribution is 2.19. The Morgan fingerprint density at radius 2 is 2.38 bits per heavy atom. The van der Waals surface area contributed by atoms with Gasteiger partial charge in [-0.05, 0) is 38.6 Å². The number of nitrogens with zero attached hydrogens (tertiary/aromatic N) is 3. The van der Waals surface area contributed by atoms with Gasteiger partial charge in [-0.25, -0.2) is 4.98 Å². The number of likely N-dealkylation sites (tertiary alicyclic amines) is 1. The van der Waals surface area contributed by atoms with Gasteiger partial charge in [0, 0.05) is 19.6 Å². The van der Waals surface area contributed by atoms with E-state index in [0.29, 0.717) is 11.9 Å². The van der Waals surface area contributed by atoms with Gasteiger partial charge < -0.3 is 15.5 Å². The molecule has 0 bridgehead atoms. The van der Waals surface area contributed by atoms with Crippen LogP contribution in [0.15, 0.2) is 18.3 Å². The Balaban J connectivity index is 1.97. The molecule has 2 N–H and O–H groups in total. The minimum atomic E-state index is 0.579. The van der Waals surface area contributed by atoms with Gasteiger partial charge in [-0.2, -0.15) is 0 Å². The normalized spacial score (nSPS) is 21.2. The van der Waals surface area contributed by atoms with Crippen molar-refractivity contribution < 1.29 is 0 Å². The largest absolute Gasteiger partial charge is 0.384 e. The van der Waals surface area contributed by atoms with Crippen molar-refractivity contribution in [2.75, 3.05) is 37.8 Å². The summed E-state index contributed by atoms with van der Waals surface area (Å²) in [5.74, 6) is 0.579. The summed E-state index contributed by atoms with van der Waals surface area (Å²) in [6, 6.07) is 4.55. The number of anilines is 2. The van der Waals surface area contributed by atoms with Crippen molar-refractivity contribution in [1.82, 2.24) is 9.88 Å². The van der Waals surface area contributed by atoms with E-state index < -0.39 is 0 Å². The highest BCUT2D eigenvalue weighted by Gasteiger charge is 2.22. The predicted molar refractivity (Wildman–Crippen MR) is 67.6 cm³/mol. The Bertz CT molecular complexity index is 335. The zero-order valence-corrected chi connectivity index (χ0v) is 10.1. The summed E-state index contributed by atoms with van der Waals surface area (Å²) in [4.78, 5) is 8.80. The smallest absolute Gasteiger partial charge is 0.123 e. The first-order valence-corrected chi connectivity index (χ1v) is 5.80. The zero-order valence-electron chi connectivity index (χ0n) is 10.1. The Hall–Kier alpha value is -1.29. The molecule has 1 atom stereocenters. The second-order valence-electron chi connectivity index (χ2n) is 4.60. The lowest BCUT2D eigenvalue weighted by Gasteiger charge is -2.27. The van der Waals surface area contributed by atoms with Gasteiger partial charge >= 0.3 is 0 Å². The van der Waals surface area contributed by atoms with Crippen LogP contribution in [0.2, 0.25) is 0 Å². The number of rotatable bonds is 3. The molecule has 0 saturated carbocycles. The number of nitrogens with two attached hydrogens (primary N) is 1. The Morgan fingerprint density at radius 3 is 2.94 bits per heavy atom. The molecule has 4 heteroatoms. The SMILES string of the molecule is CN(CC1CCCN1C)c1ccc(N)nc1. The number of hydrogen-bond acceptors (Lipinski definition) is 4. The molecule has 1 aliphatic rings. The monoisotopic (exact) mass is 220 g/mol. The Labute approximate surface area is 97.1 Å². The van der Waals surface area contributed by atoms with Crippen LogP contribution in [-0.4, -0.2) is 43.1 Å². The van der Waals surface area contributed by atoms with E-state index in [9.17, 15) is 0 Å². The summed E-state index contributed by atoms with van der Waals surface area (Å²) in [6.45, 7) is 2.28. The van der Waals surface area contributed by atoms with Gasteiger partial charge in [0.2, 0.25) is 0 Å². The van der Waals surface area contributed by atoms with E-state index in [1.54, 1.807) is 0 Å². The van der Waals surface area contributed by atoms with E-state index in [1.165, 1.54) is 19.4 Å². The molecule has 2 rings (SSSR count). The van der Waals surface area contributed by atoms with Gasteiger partial charge in [0.25, 0.3) is 0 Å². The molecule has 1 aromatic rings. The Kier molecular flexibility index (Phi) is 3.29. The minimum absolute atomic E-state index is 0.579. The fourth-order valence-electron chi connectivity index (χ4n) is 2.25. The van der Waals surface area contributed by atoms with Crippen LogP contribution in [0, 0.1) is 0 Å². The third-order valence-electron chi connectivity index (χ3n) is 3.37. The lowest BCUT2D eigenvalue weighted by Crippen LogP contribution is -2.36. The molecule has 1 unspecified atom stereocenters. The molecule has 88 valence electrons. The number of likely N-dealkylation sites (N-methyl/N-ethyl adjacent to an activating group) is 2. The summed E-state index contributed by atoms with van der Waals surface area (Å²) < 4.78 is 0. The molecule has 1 aliphatic heterocycles. The summed E-state index contributed by atoms with van der Waals surface area (Å²) in [5, 5.41) is 0. The van der Waals surface area contributed by atoms with Crippen molar-refractivity contribution in [3.63, 3.8) is 0 Å². The van der Waals surface area contributed by atoms with Crippen LogP contribution in [-0.2, 0) is 0 Å². The maximum Gasteiger partial charge on any atom is 0.123 e. The molecule has 4 nitrogen and oxygen atoms in total. The molecule has 0 radical (unpaired) electrons. The van der Waals surface area contributed by atoms with Crippen molar-refractivity contribution in [3.8, 4) is 0 Å². The van der Waals surface area contributed by atoms with Crippen LogP contribution in [0.5, 0.6) is 0 Å². The first-order chi connectivity index (χ1) is 7.66. The number of nitrogen functional groups attached to an aromatic ring is 1. The first kappa shape index (κ1) is 11.2. The van der Waals surface area contributed by atoms with Crippen LogP contribution >= 0.6 is 0 Å². The third kappa shape index (κ3) is 2.44. The molecule has 1 aromatic heterocycles. The highest BCUT2D eigenvalue weighted by molar-refractivity contribution is 5.47. The standard InChI is InChI=1S/C12H20N4/c1-15-7-3-4-11(15)9-16(2)10-5-6-12(13)14-8-10/h5-6,8,11H,3-4,7,9H2,1-2H3,(H2,13,14). The quantitative estimate of drug-likeness (QED) is 0.831. The van der Waals surface area contributed by atoms with Gasteiger partial charge in [0.05, 0.1) is 11.9 Å². The maximum atomic E-state index is 5.57. The first-order valence-electron chi connectivity index (χ1n) is 5.80. The predicted octanol–water partition coefficient (Wildman–Crippen LogP) is 1.19. The number of hydrogen-bond donors (Lipinski definition) is 1. The molecular formula is C12H20N4. The highest BCUT2D eigenvalue weighted by atomic mass is 15.2. The van der Waals surface area contributed by atoms with Gasteiger partial charge in [0.1, 0.15) is 5.82 Å². The molecule has 0 aromatic carbocycles. The van der Waals surface area contributed by atoms with Crippen molar-refractivity contribution in [2.45, 2.75) is 18.9 Å². The minimum Gasteiger partial charge on any atom is -0.384 e. The molecule has 2 heterocycles. The van der Waals surface area contributed by atoms with Gasteiger partial charge in [-0.3, -0.25) is 0 Å². The summed E-state index contributed by atoms with van der Waals surface area (Å²) >= 11 is 0. The van der Waals surface area contributed by atoms with Crippen molar-refractivity contribution >= 4 is 11.5 Å². The van der Waals surface area contributed by atoms with E-state index in [-0.39, 0.29) is 0 Å². The topological polar surface area (TPSA) is 45.4 Å². The van der Waals surface area contributed by atoms with E-state index in [0.717, 1.165) is 12.2 Å². The van der Waals surface area contributed by atoms with Crippen molar-refractivity contribution in [1.29, 1.82) is 0 Å². The van der Waals surface area contributed by atoms with Crippen LogP contribution in [0.25, 0.3) is 0 Å². The summed E-state index contributed by atoms with van der Waals surface area (Å²) in [6.07, 6.45) is 4.45. The fourth-order valence-corrected chi connectivity index (χ4v) is 2.25. The molecular weight excluding hydrogens is 200 g/mol. The second kappa shape index (κ2) is 4.70. The molecule has 1 fully saturated rings. The average molecular weight is 220 g/mol.